The Labute approximate surface area is 207 Å². The summed E-state index contributed by atoms with van der Waals surface area (Å²) in [5.41, 5.74) is 2.85. The lowest BCUT2D eigenvalue weighted by Crippen LogP contribution is -2.43. The number of benzene rings is 1. The van der Waals surface area contributed by atoms with Crippen LogP contribution in [-0.4, -0.2) is 64.3 Å². The lowest BCUT2D eigenvalue weighted by molar-refractivity contribution is 0.0990. The maximum Gasteiger partial charge on any atom is 0.336 e. The Morgan fingerprint density at radius 1 is 1.00 bits per heavy atom. The molecule has 0 spiro atoms. The quantitative estimate of drug-likeness (QED) is 0.389. The zero-order chi connectivity index (χ0) is 24.5. The molecule has 2 fully saturated rings. The number of rotatable bonds is 5. The van der Waals surface area contributed by atoms with Crippen molar-refractivity contribution in [2.75, 3.05) is 49.5 Å². The molecular weight excluding hydrogens is 460 g/mol. The number of carbonyl (C=O) groups is 1. The summed E-state index contributed by atoms with van der Waals surface area (Å²) < 4.78 is 9.19. The van der Waals surface area contributed by atoms with Gasteiger partial charge in [-0.1, -0.05) is 12.1 Å². The largest absolute Gasteiger partial charge is 0.415 e. The zero-order valence-corrected chi connectivity index (χ0v) is 19.8. The van der Waals surface area contributed by atoms with Gasteiger partial charge in [0.2, 0.25) is 5.88 Å². The summed E-state index contributed by atoms with van der Waals surface area (Å²) in [6.07, 6.45) is 6.50. The SMILES string of the molecule is O=C(Nc1cnccc1N1CCNCC1)c1ncc(-n2c(=O)n(C3CCNCC3)c3ccccc32)o1. The molecule has 6 rings (SSSR count). The monoisotopic (exact) mass is 488 g/mol. The number of piperidine rings is 1. The third-order valence-corrected chi connectivity index (χ3v) is 6.87. The van der Waals surface area contributed by atoms with Crippen LogP contribution in [0.2, 0.25) is 0 Å². The number of aromatic nitrogens is 4. The molecule has 2 saturated heterocycles. The number of nitrogens with one attached hydrogen (secondary N) is 3. The second kappa shape index (κ2) is 9.59. The zero-order valence-electron chi connectivity index (χ0n) is 19.8. The predicted octanol–water partition coefficient (Wildman–Crippen LogP) is 1.76. The van der Waals surface area contributed by atoms with Crippen LogP contribution in [0, 0.1) is 0 Å². The van der Waals surface area contributed by atoms with Gasteiger partial charge in [-0.25, -0.2) is 14.3 Å². The van der Waals surface area contributed by atoms with Crippen LogP contribution >= 0.6 is 0 Å². The van der Waals surface area contributed by atoms with E-state index < -0.39 is 5.91 Å². The van der Waals surface area contributed by atoms with Crippen LogP contribution in [0.15, 0.2) is 58.1 Å². The van der Waals surface area contributed by atoms with Gasteiger partial charge in [-0.15, -0.1) is 0 Å². The maximum absolute atomic E-state index is 13.6. The standard InChI is InChI=1S/C25H28N8O3/c34-23(30-18-15-28-10-7-19(18)31-13-11-27-12-14-31)24-29-16-22(36-24)33-21-4-2-1-3-20(21)32(25(33)35)17-5-8-26-9-6-17/h1-4,7,10,15-17,26-27H,5-6,8-9,11-14H2,(H,30,34). The third kappa shape index (κ3) is 4.06. The number of hydrogen-bond acceptors (Lipinski definition) is 8. The molecule has 4 aromatic rings. The van der Waals surface area contributed by atoms with Crippen LogP contribution in [0.5, 0.6) is 0 Å². The summed E-state index contributed by atoms with van der Waals surface area (Å²) in [4.78, 5) is 37.2. The van der Waals surface area contributed by atoms with Gasteiger partial charge < -0.3 is 25.3 Å². The summed E-state index contributed by atoms with van der Waals surface area (Å²) >= 11 is 0. The number of piperazine rings is 1. The number of nitrogens with zero attached hydrogens (tertiary/aromatic N) is 5. The Hall–Kier alpha value is -3.96. The molecule has 3 N–H and O–H groups in total. The molecule has 5 heterocycles. The van der Waals surface area contributed by atoms with E-state index in [1.54, 1.807) is 12.4 Å². The van der Waals surface area contributed by atoms with Gasteiger partial charge in [-0.05, 0) is 44.1 Å². The van der Waals surface area contributed by atoms with Crippen LogP contribution < -0.4 is 26.5 Å². The van der Waals surface area contributed by atoms with Crippen molar-refractivity contribution in [3.8, 4) is 5.88 Å². The molecule has 1 amide bonds. The van der Waals surface area contributed by atoms with E-state index in [1.807, 2.05) is 34.9 Å². The lowest BCUT2D eigenvalue weighted by Gasteiger charge is -2.30. The molecule has 0 saturated carbocycles. The molecule has 0 unspecified atom stereocenters. The maximum atomic E-state index is 13.6. The molecule has 36 heavy (non-hydrogen) atoms. The average Bonchev–Trinajstić information content (AvgIpc) is 3.52. The summed E-state index contributed by atoms with van der Waals surface area (Å²) in [5, 5.41) is 9.55. The highest BCUT2D eigenvalue weighted by molar-refractivity contribution is 6.03. The van der Waals surface area contributed by atoms with Crippen LogP contribution in [-0.2, 0) is 0 Å². The summed E-state index contributed by atoms with van der Waals surface area (Å²) in [5.74, 6) is -0.408. The van der Waals surface area contributed by atoms with Gasteiger partial charge >= 0.3 is 11.6 Å². The molecular formula is C25H28N8O3. The number of carbonyl (C=O) groups excluding carboxylic acids is 1. The van der Waals surface area contributed by atoms with E-state index in [0.717, 1.165) is 68.8 Å². The van der Waals surface area contributed by atoms with Gasteiger partial charge in [0.1, 0.15) is 0 Å². The van der Waals surface area contributed by atoms with Crippen molar-refractivity contribution in [3.05, 3.63) is 65.3 Å². The molecule has 2 aliphatic heterocycles. The molecule has 1 aromatic carbocycles. The number of anilines is 2. The van der Waals surface area contributed by atoms with Crippen molar-refractivity contribution < 1.29 is 9.21 Å². The third-order valence-electron chi connectivity index (χ3n) is 6.87. The molecule has 0 bridgehead atoms. The number of pyridine rings is 1. The van der Waals surface area contributed by atoms with Crippen molar-refractivity contribution in [1.29, 1.82) is 0 Å². The first kappa shape index (κ1) is 22.5. The number of fused-ring (bicyclic) bond motifs is 1. The first-order valence-corrected chi connectivity index (χ1v) is 12.3. The predicted molar refractivity (Wildman–Crippen MR) is 136 cm³/mol. The van der Waals surface area contributed by atoms with Gasteiger partial charge in [-0.3, -0.25) is 14.3 Å². The normalized spacial score (nSPS) is 16.9. The van der Waals surface area contributed by atoms with Crippen molar-refractivity contribution in [3.63, 3.8) is 0 Å². The Morgan fingerprint density at radius 2 is 1.75 bits per heavy atom. The fourth-order valence-electron chi connectivity index (χ4n) is 5.12. The molecule has 11 heteroatoms. The molecule has 186 valence electrons. The highest BCUT2D eigenvalue weighted by atomic mass is 16.4. The number of hydrogen-bond donors (Lipinski definition) is 3. The summed E-state index contributed by atoms with van der Waals surface area (Å²) in [7, 11) is 0. The minimum absolute atomic E-state index is 0.101. The smallest absolute Gasteiger partial charge is 0.336 e. The van der Waals surface area contributed by atoms with E-state index in [2.05, 4.69) is 30.8 Å². The van der Waals surface area contributed by atoms with Gasteiger partial charge in [0.05, 0.1) is 34.8 Å². The van der Waals surface area contributed by atoms with Gasteiger partial charge in [-0.2, -0.15) is 0 Å². The van der Waals surface area contributed by atoms with Gasteiger partial charge in [0.15, 0.2) is 0 Å². The van der Waals surface area contributed by atoms with Gasteiger partial charge in [0, 0.05) is 38.4 Å². The second-order valence-electron chi connectivity index (χ2n) is 9.05. The number of para-hydroxylation sites is 2. The van der Waals surface area contributed by atoms with E-state index in [-0.39, 0.29) is 23.5 Å². The van der Waals surface area contributed by atoms with Crippen molar-refractivity contribution >= 4 is 28.3 Å². The minimum atomic E-state index is -0.499. The molecule has 11 nitrogen and oxygen atoms in total. The number of oxazole rings is 1. The molecule has 2 aliphatic rings. The van der Waals surface area contributed by atoms with Crippen molar-refractivity contribution in [2.24, 2.45) is 0 Å². The highest BCUT2D eigenvalue weighted by Gasteiger charge is 2.25. The molecule has 0 atom stereocenters. The van der Waals surface area contributed by atoms with Crippen LogP contribution in [0.1, 0.15) is 29.6 Å². The topological polar surface area (TPSA) is 122 Å². The van der Waals surface area contributed by atoms with Crippen LogP contribution in [0.4, 0.5) is 11.4 Å². The fraction of sp³-hybridized carbons (Fsp3) is 0.360. The lowest BCUT2D eigenvalue weighted by atomic mass is 10.1. The van der Waals surface area contributed by atoms with E-state index in [4.69, 9.17) is 4.42 Å². The van der Waals surface area contributed by atoms with E-state index >= 15 is 0 Å². The van der Waals surface area contributed by atoms with Gasteiger partial charge in [0.25, 0.3) is 5.89 Å². The summed E-state index contributed by atoms with van der Waals surface area (Å²) in [6, 6.07) is 9.62. The second-order valence-corrected chi connectivity index (χ2v) is 9.05. The highest BCUT2D eigenvalue weighted by Crippen LogP contribution is 2.27. The fourth-order valence-corrected chi connectivity index (χ4v) is 5.12. The van der Waals surface area contributed by atoms with Crippen molar-refractivity contribution in [2.45, 2.75) is 18.9 Å². The Bertz CT molecular complexity index is 1440. The van der Waals surface area contributed by atoms with E-state index in [1.165, 1.54) is 10.8 Å². The van der Waals surface area contributed by atoms with E-state index in [9.17, 15) is 9.59 Å². The minimum Gasteiger partial charge on any atom is -0.415 e. The van der Waals surface area contributed by atoms with Crippen molar-refractivity contribution in [1.82, 2.24) is 29.7 Å². The Kier molecular flexibility index (Phi) is 5.99. The average molecular weight is 489 g/mol. The molecule has 3 aromatic heterocycles. The first-order chi connectivity index (χ1) is 17.7. The molecule has 0 radical (unpaired) electrons. The molecule has 0 aliphatic carbocycles. The summed E-state index contributed by atoms with van der Waals surface area (Å²) in [6.45, 7) is 5.15. The van der Waals surface area contributed by atoms with Crippen LogP contribution in [0.3, 0.4) is 0 Å². The Balaban J connectivity index is 1.31. The number of imidazole rings is 1. The first-order valence-electron chi connectivity index (χ1n) is 12.3. The Morgan fingerprint density at radius 3 is 2.56 bits per heavy atom. The van der Waals surface area contributed by atoms with Crippen LogP contribution in [0.25, 0.3) is 16.9 Å². The number of amides is 1. The van der Waals surface area contributed by atoms with E-state index in [0.29, 0.717) is 5.69 Å².